The monoisotopic (exact) mass is 452 g/mol. The highest BCUT2D eigenvalue weighted by Crippen LogP contribution is 2.21. The zero-order chi connectivity index (χ0) is 22.1. The van der Waals surface area contributed by atoms with Gasteiger partial charge in [0.2, 0.25) is 11.8 Å². The predicted octanol–water partition coefficient (Wildman–Crippen LogP) is 4.82. The van der Waals surface area contributed by atoms with E-state index >= 15 is 0 Å². The van der Waals surface area contributed by atoms with Crippen molar-refractivity contribution in [3.05, 3.63) is 101 Å². The molecule has 0 saturated heterocycles. The summed E-state index contributed by atoms with van der Waals surface area (Å²) in [5, 5.41) is 3.36. The molecule has 1 atom stereocenters. The standard InChI is InChI=1S/C25H25ClN2O2S/c1-27-25(30)23(16-19-8-4-2-5-9-19)28(17-20-12-14-21(26)15-13-20)24(29)18-31-22-10-6-3-7-11-22/h2-15,23H,16-18H2,1H3,(H,27,30)/t23-/m1/s1. The summed E-state index contributed by atoms with van der Waals surface area (Å²) in [6.07, 6.45) is 0.440. The molecule has 0 saturated carbocycles. The van der Waals surface area contributed by atoms with Gasteiger partial charge in [0.15, 0.2) is 0 Å². The molecule has 0 aliphatic carbocycles. The highest BCUT2D eigenvalue weighted by atomic mass is 35.5. The minimum absolute atomic E-state index is 0.0895. The fraction of sp³-hybridized carbons (Fsp3) is 0.200. The van der Waals surface area contributed by atoms with Crippen LogP contribution in [0.15, 0.2) is 89.8 Å². The van der Waals surface area contributed by atoms with Crippen LogP contribution in [0.25, 0.3) is 0 Å². The van der Waals surface area contributed by atoms with E-state index in [1.165, 1.54) is 11.8 Å². The molecule has 160 valence electrons. The number of benzene rings is 3. The van der Waals surface area contributed by atoms with Crippen molar-refractivity contribution in [3.63, 3.8) is 0 Å². The fourth-order valence-corrected chi connectivity index (χ4v) is 4.18. The molecule has 31 heavy (non-hydrogen) atoms. The molecule has 0 aliphatic heterocycles. The summed E-state index contributed by atoms with van der Waals surface area (Å²) >= 11 is 7.49. The number of hydrogen-bond acceptors (Lipinski definition) is 3. The summed E-state index contributed by atoms with van der Waals surface area (Å²) in [5.74, 6) is -0.0240. The van der Waals surface area contributed by atoms with E-state index in [1.54, 1.807) is 24.1 Å². The number of carbonyl (C=O) groups excluding carboxylic acids is 2. The van der Waals surface area contributed by atoms with Crippen molar-refractivity contribution in [2.75, 3.05) is 12.8 Å². The summed E-state index contributed by atoms with van der Waals surface area (Å²) in [5.41, 5.74) is 1.92. The van der Waals surface area contributed by atoms with E-state index in [1.807, 2.05) is 72.8 Å². The molecule has 4 nitrogen and oxygen atoms in total. The number of amides is 2. The molecule has 0 bridgehead atoms. The van der Waals surface area contributed by atoms with Gasteiger partial charge in [0.1, 0.15) is 6.04 Å². The lowest BCUT2D eigenvalue weighted by Gasteiger charge is -2.31. The van der Waals surface area contributed by atoms with Crippen LogP contribution in [-0.4, -0.2) is 35.6 Å². The maximum atomic E-state index is 13.3. The molecule has 3 aromatic rings. The zero-order valence-electron chi connectivity index (χ0n) is 17.3. The Labute approximate surface area is 192 Å². The number of carbonyl (C=O) groups is 2. The Kier molecular flexibility index (Phi) is 8.56. The van der Waals surface area contributed by atoms with Crippen molar-refractivity contribution in [3.8, 4) is 0 Å². The molecule has 0 aliphatic rings. The van der Waals surface area contributed by atoms with Gasteiger partial charge in [-0.05, 0) is 35.4 Å². The van der Waals surface area contributed by atoms with Crippen LogP contribution in [0.3, 0.4) is 0 Å². The zero-order valence-corrected chi connectivity index (χ0v) is 18.9. The highest BCUT2D eigenvalue weighted by molar-refractivity contribution is 8.00. The Balaban J connectivity index is 1.86. The molecule has 1 N–H and O–H groups in total. The minimum Gasteiger partial charge on any atom is -0.357 e. The summed E-state index contributed by atoms with van der Waals surface area (Å²) in [4.78, 5) is 28.9. The lowest BCUT2D eigenvalue weighted by molar-refractivity contribution is -0.139. The van der Waals surface area contributed by atoms with Crippen LogP contribution in [0.4, 0.5) is 0 Å². The number of nitrogens with zero attached hydrogens (tertiary/aromatic N) is 1. The Morgan fingerprint density at radius 2 is 1.52 bits per heavy atom. The molecule has 0 spiro atoms. The quantitative estimate of drug-likeness (QED) is 0.473. The van der Waals surface area contributed by atoms with Crippen LogP contribution >= 0.6 is 23.4 Å². The summed E-state index contributed by atoms with van der Waals surface area (Å²) < 4.78 is 0. The number of thioether (sulfide) groups is 1. The van der Waals surface area contributed by atoms with Crippen molar-refractivity contribution in [1.29, 1.82) is 0 Å². The van der Waals surface area contributed by atoms with Gasteiger partial charge in [0.05, 0.1) is 5.75 Å². The van der Waals surface area contributed by atoms with E-state index in [2.05, 4.69) is 5.32 Å². The molecule has 0 heterocycles. The van der Waals surface area contributed by atoms with E-state index in [0.29, 0.717) is 18.0 Å². The average Bonchev–Trinajstić information content (AvgIpc) is 2.81. The number of halogens is 1. The van der Waals surface area contributed by atoms with E-state index in [-0.39, 0.29) is 17.6 Å². The van der Waals surface area contributed by atoms with Gasteiger partial charge in [0.25, 0.3) is 0 Å². The van der Waals surface area contributed by atoms with Crippen LogP contribution < -0.4 is 5.32 Å². The molecular formula is C25H25ClN2O2S. The van der Waals surface area contributed by atoms with Gasteiger partial charge >= 0.3 is 0 Å². The van der Waals surface area contributed by atoms with Gasteiger partial charge < -0.3 is 10.2 Å². The van der Waals surface area contributed by atoms with Crippen molar-refractivity contribution < 1.29 is 9.59 Å². The second-order valence-electron chi connectivity index (χ2n) is 7.07. The lowest BCUT2D eigenvalue weighted by Crippen LogP contribution is -2.50. The van der Waals surface area contributed by atoms with Crippen molar-refractivity contribution in [1.82, 2.24) is 10.2 Å². The molecule has 0 radical (unpaired) electrons. The number of rotatable bonds is 9. The summed E-state index contributed by atoms with van der Waals surface area (Å²) in [6, 6.07) is 26.3. The van der Waals surface area contributed by atoms with Crippen LogP contribution in [0.2, 0.25) is 5.02 Å². The third-order valence-electron chi connectivity index (χ3n) is 4.89. The Morgan fingerprint density at radius 3 is 2.13 bits per heavy atom. The van der Waals surface area contributed by atoms with Crippen molar-refractivity contribution in [2.45, 2.75) is 23.9 Å². The predicted molar refractivity (Wildman–Crippen MR) is 127 cm³/mol. The topological polar surface area (TPSA) is 49.4 Å². The second-order valence-corrected chi connectivity index (χ2v) is 8.55. The van der Waals surface area contributed by atoms with Gasteiger partial charge in [-0.1, -0.05) is 72.3 Å². The van der Waals surface area contributed by atoms with Gasteiger partial charge in [-0.3, -0.25) is 9.59 Å². The van der Waals surface area contributed by atoms with Gasteiger partial charge in [-0.15, -0.1) is 11.8 Å². The van der Waals surface area contributed by atoms with Crippen LogP contribution in [0, 0.1) is 0 Å². The first-order valence-corrected chi connectivity index (χ1v) is 11.4. The molecule has 3 rings (SSSR count). The van der Waals surface area contributed by atoms with Crippen LogP contribution in [-0.2, 0) is 22.6 Å². The molecular weight excluding hydrogens is 428 g/mol. The lowest BCUT2D eigenvalue weighted by atomic mass is 10.0. The molecule has 2 amide bonds. The SMILES string of the molecule is CNC(=O)[C@@H](Cc1ccccc1)N(Cc1ccc(Cl)cc1)C(=O)CSc1ccccc1. The smallest absolute Gasteiger partial charge is 0.242 e. The minimum atomic E-state index is -0.619. The van der Waals surface area contributed by atoms with Crippen molar-refractivity contribution in [2.24, 2.45) is 0 Å². The Bertz CT molecular complexity index is 981. The first kappa shape index (κ1) is 22.9. The molecule has 0 fully saturated rings. The van der Waals surface area contributed by atoms with Crippen molar-refractivity contribution >= 4 is 35.2 Å². The summed E-state index contributed by atoms with van der Waals surface area (Å²) in [6.45, 7) is 0.330. The third kappa shape index (κ3) is 6.88. The number of likely N-dealkylation sites (N-methyl/N-ethyl adjacent to an activating group) is 1. The number of hydrogen-bond donors (Lipinski definition) is 1. The van der Waals surface area contributed by atoms with E-state index in [4.69, 9.17) is 11.6 Å². The molecule has 6 heteroatoms. The first-order valence-electron chi connectivity index (χ1n) is 10.0. The van der Waals surface area contributed by atoms with E-state index < -0.39 is 6.04 Å². The maximum absolute atomic E-state index is 13.3. The number of nitrogens with one attached hydrogen (secondary N) is 1. The van der Waals surface area contributed by atoms with Crippen LogP contribution in [0.1, 0.15) is 11.1 Å². The van der Waals surface area contributed by atoms with E-state index in [9.17, 15) is 9.59 Å². The highest BCUT2D eigenvalue weighted by Gasteiger charge is 2.29. The average molecular weight is 453 g/mol. The maximum Gasteiger partial charge on any atom is 0.242 e. The van der Waals surface area contributed by atoms with E-state index in [0.717, 1.165) is 16.0 Å². The van der Waals surface area contributed by atoms with Crippen LogP contribution in [0.5, 0.6) is 0 Å². The summed E-state index contributed by atoms with van der Waals surface area (Å²) in [7, 11) is 1.60. The molecule has 0 unspecified atom stereocenters. The Hall–Kier alpha value is -2.76. The Morgan fingerprint density at radius 1 is 0.903 bits per heavy atom. The van der Waals surface area contributed by atoms with Gasteiger partial charge in [-0.2, -0.15) is 0 Å². The third-order valence-corrected chi connectivity index (χ3v) is 6.14. The first-order chi connectivity index (χ1) is 15.1. The second kappa shape index (κ2) is 11.6. The largest absolute Gasteiger partial charge is 0.357 e. The molecule has 3 aromatic carbocycles. The normalized spacial score (nSPS) is 11.5. The van der Waals surface area contributed by atoms with Gasteiger partial charge in [-0.25, -0.2) is 0 Å². The molecule has 0 aromatic heterocycles. The fourth-order valence-electron chi connectivity index (χ4n) is 3.25. The van der Waals surface area contributed by atoms with Gasteiger partial charge in [0, 0.05) is 29.9 Å².